The van der Waals surface area contributed by atoms with Crippen molar-refractivity contribution in [3.8, 4) is 0 Å². The van der Waals surface area contributed by atoms with Crippen molar-refractivity contribution in [2.75, 3.05) is 6.54 Å². The summed E-state index contributed by atoms with van der Waals surface area (Å²) in [6, 6.07) is 4.16. The van der Waals surface area contributed by atoms with Crippen LogP contribution in [0.25, 0.3) is 10.9 Å². The number of aryl methyl sites for hydroxylation is 2. The number of fused-ring (bicyclic) bond motifs is 1. The molecule has 2 aromatic rings. The highest BCUT2D eigenvalue weighted by Crippen LogP contribution is 2.26. The molecule has 0 atom stereocenters. The van der Waals surface area contributed by atoms with Crippen LogP contribution in [0, 0.1) is 13.8 Å². The van der Waals surface area contributed by atoms with Gasteiger partial charge in [0.1, 0.15) is 0 Å². The maximum Gasteiger partial charge on any atom is 0.307 e. The van der Waals surface area contributed by atoms with E-state index in [2.05, 4.69) is 10.6 Å². The normalized spacial score (nSPS) is 11.1. The number of nitrogens with zero attached hydrogens (tertiary/aromatic N) is 1. The first kappa shape index (κ1) is 12.6. The molecule has 0 saturated heterocycles. The van der Waals surface area contributed by atoms with E-state index < -0.39 is 5.97 Å². The Kier molecular flexibility index (Phi) is 3.39. The van der Waals surface area contributed by atoms with Crippen LogP contribution in [0.2, 0.25) is 0 Å². The Morgan fingerprint density at radius 1 is 1.39 bits per heavy atom. The van der Waals surface area contributed by atoms with Gasteiger partial charge in [-0.15, -0.1) is 0 Å². The predicted molar refractivity (Wildman–Crippen MR) is 71.8 cm³/mol. The summed E-state index contributed by atoms with van der Waals surface area (Å²) in [6.07, 6.45) is 1.97. The SMILES string of the molecule is Cc1cc(C)c2c(c1)c(CC(=O)O)cn2CCN. The van der Waals surface area contributed by atoms with Crippen molar-refractivity contribution in [2.24, 2.45) is 5.73 Å². The van der Waals surface area contributed by atoms with Crippen molar-refractivity contribution in [3.05, 3.63) is 35.0 Å². The summed E-state index contributed by atoms with van der Waals surface area (Å²) < 4.78 is 2.06. The number of rotatable bonds is 4. The second kappa shape index (κ2) is 4.82. The number of carbonyl (C=O) groups is 1. The summed E-state index contributed by atoms with van der Waals surface area (Å²) in [6.45, 7) is 5.33. The Morgan fingerprint density at radius 2 is 2.11 bits per heavy atom. The molecule has 0 amide bonds. The summed E-state index contributed by atoms with van der Waals surface area (Å²) in [4.78, 5) is 10.9. The zero-order chi connectivity index (χ0) is 13.3. The number of nitrogens with two attached hydrogens (primary N) is 1. The largest absolute Gasteiger partial charge is 0.481 e. The maximum absolute atomic E-state index is 10.9. The van der Waals surface area contributed by atoms with Gasteiger partial charge in [0.2, 0.25) is 0 Å². The number of hydrogen-bond donors (Lipinski definition) is 2. The fourth-order valence-electron chi connectivity index (χ4n) is 2.53. The average molecular weight is 246 g/mol. The van der Waals surface area contributed by atoms with Gasteiger partial charge in [0, 0.05) is 24.7 Å². The molecule has 96 valence electrons. The number of carboxylic acids is 1. The molecule has 0 saturated carbocycles. The third kappa shape index (κ3) is 2.24. The van der Waals surface area contributed by atoms with Crippen molar-refractivity contribution < 1.29 is 9.90 Å². The van der Waals surface area contributed by atoms with Crippen LogP contribution in [-0.4, -0.2) is 22.2 Å². The molecule has 18 heavy (non-hydrogen) atoms. The minimum atomic E-state index is -0.805. The third-order valence-corrected chi connectivity index (χ3v) is 3.10. The van der Waals surface area contributed by atoms with Gasteiger partial charge in [-0.3, -0.25) is 4.79 Å². The number of aromatic nitrogens is 1. The molecule has 1 aromatic heterocycles. The summed E-state index contributed by atoms with van der Waals surface area (Å²) in [5, 5.41) is 10.0. The molecule has 0 bridgehead atoms. The topological polar surface area (TPSA) is 68.2 Å². The van der Waals surface area contributed by atoms with Gasteiger partial charge in [0.05, 0.1) is 11.9 Å². The van der Waals surface area contributed by atoms with E-state index in [1.165, 1.54) is 0 Å². The fourth-order valence-corrected chi connectivity index (χ4v) is 2.53. The Hall–Kier alpha value is -1.81. The molecule has 0 unspecified atom stereocenters. The van der Waals surface area contributed by atoms with Crippen LogP contribution in [-0.2, 0) is 17.8 Å². The van der Waals surface area contributed by atoms with Gasteiger partial charge in [0.25, 0.3) is 0 Å². The Bertz CT molecular complexity index is 599. The molecular weight excluding hydrogens is 228 g/mol. The van der Waals surface area contributed by atoms with E-state index in [4.69, 9.17) is 10.8 Å². The number of benzene rings is 1. The zero-order valence-electron chi connectivity index (χ0n) is 10.7. The molecule has 3 N–H and O–H groups in total. The number of carboxylic acid groups (broad SMARTS) is 1. The molecule has 0 aliphatic rings. The quantitative estimate of drug-likeness (QED) is 0.865. The van der Waals surface area contributed by atoms with Crippen LogP contribution in [0.15, 0.2) is 18.3 Å². The minimum absolute atomic E-state index is 0.0525. The average Bonchev–Trinajstić information content (AvgIpc) is 2.56. The van der Waals surface area contributed by atoms with Crippen molar-refractivity contribution >= 4 is 16.9 Å². The van der Waals surface area contributed by atoms with Crippen molar-refractivity contribution in [3.63, 3.8) is 0 Å². The highest BCUT2D eigenvalue weighted by atomic mass is 16.4. The van der Waals surface area contributed by atoms with Gasteiger partial charge in [-0.1, -0.05) is 11.6 Å². The van der Waals surface area contributed by atoms with Gasteiger partial charge in [0.15, 0.2) is 0 Å². The lowest BCUT2D eigenvalue weighted by molar-refractivity contribution is -0.136. The van der Waals surface area contributed by atoms with Crippen molar-refractivity contribution in [1.29, 1.82) is 0 Å². The lowest BCUT2D eigenvalue weighted by Crippen LogP contribution is -2.09. The first-order valence-electron chi connectivity index (χ1n) is 6.03. The molecule has 1 aromatic carbocycles. The van der Waals surface area contributed by atoms with Crippen LogP contribution in [0.3, 0.4) is 0 Å². The number of hydrogen-bond acceptors (Lipinski definition) is 2. The maximum atomic E-state index is 10.9. The van der Waals surface area contributed by atoms with E-state index >= 15 is 0 Å². The molecule has 1 heterocycles. The molecule has 4 heteroatoms. The van der Waals surface area contributed by atoms with Crippen LogP contribution in [0.1, 0.15) is 16.7 Å². The Labute approximate surface area is 106 Å². The van der Waals surface area contributed by atoms with Gasteiger partial charge >= 0.3 is 5.97 Å². The van der Waals surface area contributed by atoms with Crippen molar-refractivity contribution in [2.45, 2.75) is 26.8 Å². The van der Waals surface area contributed by atoms with Gasteiger partial charge < -0.3 is 15.4 Å². The van der Waals surface area contributed by atoms with Crippen LogP contribution >= 0.6 is 0 Å². The van der Waals surface area contributed by atoms with Gasteiger partial charge in [-0.05, 0) is 31.0 Å². The van der Waals surface area contributed by atoms with Crippen LogP contribution < -0.4 is 5.73 Å². The summed E-state index contributed by atoms with van der Waals surface area (Å²) in [5.41, 5.74) is 9.88. The summed E-state index contributed by atoms with van der Waals surface area (Å²) in [7, 11) is 0. The van der Waals surface area contributed by atoms with E-state index in [1.54, 1.807) is 0 Å². The molecule has 0 aliphatic heterocycles. The predicted octanol–water partition coefficient (Wildman–Crippen LogP) is 1.84. The zero-order valence-corrected chi connectivity index (χ0v) is 10.7. The molecule has 0 spiro atoms. The molecule has 0 fully saturated rings. The molecule has 2 rings (SSSR count). The molecular formula is C14H18N2O2. The lowest BCUT2D eigenvalue weighted by atomic mass is 10.0. The van der Waals surface area contributed by atoms with Gasteiger partial charge in [-0.2, -0.15) is 0 Å². The smallest absolute Gasteiger partial charge is 0.307 e. The molecule has 0 aliphatic carbocycles. The molecule has 0 radical (unpaired) electrons. The lowest BCUT2D eigenvalue weighted by Gasteiger charge is -2.06. The molecule has 4 nitrogen and oxygen atoms in total. The number of aliphatic carboxylic acids is 1. The van der Waals surface area contributed by atoms with E-state index in [0.717, 1.165) is 27.6 Å². The van der Waals surface area contributed by atoms with E-state index in [1.807, 2.05) is 26.1 Å². The fraction of sp³-hybridized carbons (Fsp3) is 0.357. The summed E-state index contributed by atoms with van der Waals surface area (Å²) >= 11 is 0. The summed E-state index contributed by atoms with van der Waals surface area (Å²) in [5.74, 6) is -0.805. The van der Waals surface area contributed by atoms with E-state index in [-0.39, 0.29) is 6.42 Å². The van der Waals surface area contributed by atoms with Crippen molar-refractivity contribution in [1.82, 2.24) is 4.57 Å². The highest BCUT2D eigenvalue weighted by molar-refractivity contribution is 5.90. The minimum Gasteiger partial charge on any atom is -0.481 e. The van der Waals surface area contributed by atoms with Crippen LogP contribution in [0.5, 0.6) is 0 Å². The third-order valence-electron chi connectivity index (χ3n) is 3.10. The standard InChI is InChI=1S/C14H18N2O2/c1-9-5-10(2)14-12(6-9)11(7-13(17)18)8-16(14)4-3-15/h5-6,8H,3-4,7,15H2,1-2H3,(H,17,18). The first-order valence-corrected chi connectivity index (χ1v) is 6.03. The van der Waals surface area contributed by atoms with Crippen LogP contribution in [0.4, 0.5) is 0 Å². The van der Waals surface area contributed by atoms with Gasteiger partial charge in [-0.25, -0.2) is 0 Å². The Balaban J connectivity index is 2.67. The highest BCUT2D eigenvalue weighted by Gasteiger charge is 2.13. The Morgan fingerprint density at radius 3 is 2.72 bits per heavy atom. The first-order chi connectivity index (χ1) is 8.52. The second-order valence-corrected chi connectivity index (χ2v) is 4.68. The monoisotopic (exact) mass is 246 g/mol. The van der Waals surface area contributed by atoms with E-state index in [0.29, 0.717) is 13.1 Å². The van der Waals surface area contributed by atoms with E-state index in [9.17, 15) is 4.79 Å². The second-order valence-electron chi connectivity index (χ2n) is 4.68.